The third-order valence-electron chi connectivity index (χ3n) is 2.53. The van der Waals surface area contributed by atoms with Crippen LogP contribution < -0.4 is 4.72 Å². The monoisotopic (exact) mass is 266 g/mol. The molecule has 0 aliphatic carbocycles. The average Bonchev–Trinajstić information content (AvgIpc) is 2.73. The Morgan fingerprint density at radius 3 is 2.94 bits per heavy atom. The number of rotatable bonds is 5. The van der Waals surface area contributed by atoms with E-state index < -0.39 is 10.0 Å². The Morgan fingerprint density at radius 1 is 1.50 bits per heavy atom. The second kappa shape index (κ2) is 4.91. The number of fused-ring (bicyclic) bond motifs is 1. The molecular weight excluding hydrogens is 252 g/mol. The number of para-hydroxylation sites is 1. The zero-order chi connectivity index (χ0) is 13.2. The fourth-order valence-electron chi connectivity index (χ4n) is 1.60. The molecule has 0 radical (unpaired) electrons. The quantitative estimate of drug-likeness (QED) is 0.894. The molecule has 0 atom stereocenters. The lowest BCUT2D eigenvalue weighted by Gasteiger charge is -1.98. The number of nitrogens with zero attached hydrogens (tertiary/aromatic N) is 1. The Kier molecular flexibility index (Phi) is 3.49. The van der Waals surface area contributed by atoms with Crippen molar-refractivity contribution in [2.75, 3.05) is 6.54 Å². The van der Waals surface area contributed by atoms with Crippen molar-refractivity contribution in [3.05, 3.63) is 41.6 Å². The van der Waals surface area contributed by atoms with Gasteiger partial charge < -0.3 is 4.42 Å². The summed E-state index contributed by atoms with van der Waals surface area (Å²) in [7, 11) is -3.38. The van der Waals surface area contributed by atoms with Gasteiger partial charge in [0.2, 0.25) is 10.0 Å². The van der Waals surface area contributed by atoms with Crippen molar-refractivity contribution in [3.8, 4) is 0 Å². The highest BCUT2D eigenvalue weighted by Gasteiger charge is 2.09. The van der Waals surface area contributed by atoms with Crippen molar-refractivity contribution >= 4 is 21.1 Å². The molecule has 1 aromatic heterocycles. The average molecular weight is 266 g/mol. The third kappa shape index (κ3) is 2.77. The molecule has 0 aliphatic rings. The van der Waals surface area contributed by atoms with Crippen LogP contribution >= 0.6 is 0 Å². The van der Waals surface area contributed by atoms with E-state index in [1.165, 1.54) is 0 Å². The summed E-state index contributed by atoms with van der Waals surface area (Å²) >= 11 is 0. The maximum absolute atomic E-state index is 11.1. The zero-order valence-electron chi connectivity index (χ0n) is 10.0. The maximum atomic E-state index is 11.1. The fraction of sp³-hybridized carbons (Fsp3) is 0.250. The van der Waals surface area contributed by atoms with E-state index in [2.05, 4.69) is 16.3 Å². The number of benzene rings is 1. The normalized spacial score (nSPS) is 11.8. The molecule has 96 valence electrons. The number of aromatic nitrogens is 1. The molecule has 0 amide bonds. The van der Waals surface area contributed by atoms with E-state index >= 15 is 0 Å². The highest BCUT2D eigenvalue weighted by molar-refractivity contribution is 7.92. The lowest BCUT2D eigenvalue weighted by Crippen LogP contribution is -2.23. The summed E-state index contributed by atoms with van der Waals surface area (Å²) in [6, 6.07) is 5.69. The number of hydrogen-bond acceptors (Lipinski definition) is 4. The van der Waals surface area contributed by atoms with Crippen molar-refractivity contribution in [1.29, 1.82) is 0 Å². The molecule has 5 nitrogen and oxygen atoms in total. The molecule has 2 rings (SSSR count). The molecule has 0 spiro atoms. The zero-order valence-corrected chi connectivity index (χ0v) is 10.8. The van der Waals surface area contributed by atoms with Crippen molar-refractivity contribution in [1.82, 2.24) is 9.71 Å². The molecule has 0 fully saturated rings. The molecule has 2 aromatic rings. The van der Waals surface area contributed by atoms with Crippen LogP contribution in [0.3, 0.4) is 0 Å². The van der Waals surface area contributed by atoms with Crippen LogP contribution in [-0.2, 0) is 16.4 Å². The van der Waals surface area contributed by atoms with E-state index in [9.17, 15) is 8.42 Å². The van der Waals surface area contributed by atoms with Gasteiger partial charge in [-0.15, -0.1) is 0 Å². The van der Waals surface area contributed by atoms with Crippen molar-refractivity contribution < 1.29 is 12.8 Å². The predicted octanol–water partition coefficient (Wildman–Crippen LogP) is 1.74. The molecule has 0 saturated carbocycles. The summed E-state index contributed by atoms with van der Waals surface area (Å²) < 4.78 is 30.2. The molecule has 6 heteroatoms. The largest absolute Gasteiger partial charge is 0.441 e. The van der Waals surface area contributed by atoms with E-state index in [0.717, 1.165) is 22.1 Å². The fourth-order valence-corrected chi connectivity index (χ4v) is 2.10. The Hall–Kier alpha value is -1.66. The van der Waals surface area contributed by atoms with Crippen LogP contribution in [0.1, 0.15) is 11.5 Å². The van der Waals surface area contributed by atoms with Crippen molar-refractivity contribution in [2.24, 2.45) is 0 Å². The van der Waals surface area contributed by atoms with Crippen LogP contribution in [-0.4, -0.2) is 19.9 Å². The molecule has 0 saturated heterocycles. The molecule has 0 aliphatic heterocycles. The van der Waals surface area contributed by atoms with Crippen LogP contribution in [0.2, 0.25) is 0 Å². The molecule has 1 heterocycles. The molecule has 0 bridgehead atoms. The summed E-state index contributed by atoms with van der Waals surface area (Å²) in [6.45, 7) is 5.40. The number of hydrogen-bond donors (Lipinski definition) is 1. The Morgan fingerprint density at radius 2 is 2.28 bits per heavy atom. The molecule has 0 unspecified atom stereocenters. The molecule has 1 aromatic carbocycles. The highest BCUT2D eigenvalue weighted by Crippen LogP contribution is 2.18. The summed E-state index contributed by atoms with van der Waals surface area (Å²) in [5.41, 5.74) is 2.57. The van der Waals surface area contributed by atoms with Crippen LogP contribution in [0.4, 0.5) is 0 Å². The molecule has 1 N–H and O–H groups in total. The first-order valence-electron chi connectivity index (χ1n) is 5.49. The first kappa shape index (κ1) is 12.8. The molecule has 18 heavy (non-hydrogen) atoms. The van der Waals surface area contributed by atoms with Gasteiger partial charge in [-0.1, -0.05) is 18.7 Å². The highest BCUT2D eigenvalue weighted by atomic mass is 32.2. The van der Waals surface area contributed by atoms with E-state index in [-0.39, 0.29) is 6.54 Å². The Balaban J connectivity index is 2.09. The van der Waals surface area contributed by atoms with E-state index in [1.807, 2.05) is 25.1 Å². The Bertz CT molecular complexity index is 674. The van der Waals surface area contributed by atoms with E-state index in [0.29, 0.717) is 12.3 Å². The predicted molar refractivity (Wildman–Crippen MR) is 69.6 cm³/mol. The number of aryl methyl sites for hydroxylation is 1. The van der Waals surface area contributed by atoms with Gasteiger partial charge in [-0.25, -0.2) is 18.1 Å². The van der Waals surface area contributed by atoms with E-state index in [4.69, 9.17) is 4.42 Å². The maximum Gasteiger partial charge on any atom is 0.233 e. The third-order valence-corrected chi connectivity index (χ3v) is 3.57. The minimum absolute atomic E-state index is 0.236. The van der Waals surface area contributed by atoms with Gasteiger partial charge in [-0.3, -0.25) is 0 Å². The first-order valence-corrected chi connectivity index (χ1v) is 7.03. The lowest BCUT2D eigenvalue weighted by atomic mass is 10.2. The minimum atomic E-state index is -3.38. The van der Waals surface area contributed by atoms with Crippen molar-refractivity contribution in [3.63, 3.8) is 0 Å². The molecular formula is C12H14N2O3S. The Labute approximate surface area is 106 Å². The smallest absolute Gasteiger partial charge is 0.233 e. The van der Waals surface area contributed by atoms with Gasteiger partial charge in [0.15, 0.2) is 11.5 Å². The number of sulfonamides is 1. The van der Waals surface area contributed by atoms with Crippen LogP contribution in [0.15, 0.2) is 34.6 Å². The lowest BCUT2D eigenvalue weighted by molar-refractivity contribution is 0.524. The second-order valence-corrected chi connectivity index (χ2v) is 5.60. The van der Waals surface area contributed by atoms with Crippen molar-refractivity contribution in [2.45, 2.75) is 13.3 Å². The van der Waals surface area contributed by atoms with Crippen LogP contribution in [0.5, 0.6) is 0 Å². The summed E-state index contributed by atoms with van der Waals surface area (Å²) in [5, 5.41) is 0.878. The SMILES string of the molecule is C=CS(=O)(=O)NCCc1nc2c(C)cccc2o1. The van der Waals surface area contributed by atoms with Gasteiger partial charge in [0.05, 0.1) is 0 Å². The van der Waals surface area contributed by atoms with Crippen LogP contribution in [0.25, 0.3) is 11.1 Å². The second-order valence-electron chi connectivity index (χ2n) is 3.89. The number of nitrogens with one attached hydrogen (secondary N) is 1. The van der Waals surface area contributed by atoms with Gasteiger partial charge in [0.25, 0.3) is 0 Å². The summed E-state index contributed by atoms with van der Waals surface area (Å²) in [4.78, 5) is 4.33. The van der Waals surface area contributed by atoms with Gasteiger partial charge in [-0.05, 0) is 18.6 Å². The first-order chi connectivity index (χ1) is 8.52. The van der Waals surface area contributed by atoms with Gasteiger partial charge >= 0.3 is 0 Å². The topological polar surface area (TPSA) is 72.2 Å². The number of oxazole rings is 1. The van der Waals surface area contributed by atoms with Crippen LogP contribution in [0, 0.1) is 6.92 Å². The standard InChI is InChI=1S/C12H14N2O3S/c1-3-18(15,16)13-8-7-11-14-12-9(2)5-4-6-10(12)17-11/h3-6,13H,1,7-8H2,2H3. The van der Waals surface area contributed by atoms with E-state index in [1.54, 1.807) is 0 Å². The van der Waals surface area contributed by atoms with Gasteiger partial charge in [-0.2, -0.15) is 0 Å². The summed E-state index contributed by atoms with van der Waals surface area (Å²) in [5.74, 6) is 0.520. The van der Waals surface area contributed by atoms with Gasteiger partial charge in [0, 0.05) is 18.4 Å². The van der Waals surface area contributed by atoms with Gasteiger partial charge in [0.1, 0.15) is 5.52 Å². The summed E-state index contributed by atoms with van der Waals surface area (Å²) in [6.07, 6.45) is 0.404. The minimum Gasteiger partial charge on any atom is -0.441 e.